The fraction of sp³-hybridized carbons (Fsp3) is 0. The molecule has 0 N–H and O–H groups in total. The fourth-order valence-electron chi connectivity index (χ4n) is 0.744. The van der Waals surface area contributed by atoms with E-state index in [1.807, 2.05) is 0 Å². The summed E-state index contributed by atoms with van der Waals surface area (Å²) in [5.41, 5.74) is 0.432. The van der Waals surface area contributed by atoms with Gasteiger partial charge >= 0.3 is 124 Å². The maximum atomic E-state index is 11.1. The number of carbonyl (C=O) groups excluding carboxylic acids is 1. The molecule has 0 aliphatic rings. The van der Waals surface area contributed by atoms with E-state index in [0.29, 0.717) is 11.3 Å². The first-order chi connectivity index (χ1) is 5.79. The molecule has 0 aliphatic heterocycles. The average molecular weight is 486 g/mol. The molecule has 1 aromatic carbocycles. The molecule has 0 aromatic heterocycles. The van der Waals surface area contributed by atoms with E-state index in [1.165, 1.54) is 0 Å². The van der Waals surface area contributed by atoms with E-state index in [1.54, 1.807) is 70.3 Å². The Morgan fingerprint density at radius 1 is 1.00 bits per heavy atom. The van der Waals surface area contributed by atoms with E-state index >= 15 is 0 Å². The molecule has 0 radical (unpaired) electrons. The summed E-state index contributed by atoms with van der Waals surface area (Å²) in [6, 6.07) is 6.89. The van der Waals surface area contributed by atoms with Crippen LogP contribution in [0.15, 0.2) is 24.3 Å². The number of hydrogen-bond acceptors (Lipinski definition) is 3. The maximum absolute atomic E-state index is 11.1. The Hall–Kier alpha value is 3.95. The summed E-state index contributed by atoms with van der Waals surface area (Å²) < 4.78 is 9.46. The van der Waals surface area contributed by atoms with Gasteiger partial charge in [0, 0.05) is 0 Å². The molecule has 3 nitrogen and oxygen atoms in total. The van der Waals surface area contributed by atoms with Crippen LogP contribution in [0.3, 0.4) is 0 Å². The topological polar surface area (TPSA) is 35.5 Å². The molecule has 0 heterocycles. The van der Waals surface area contributed by atoms with Crippen LogP contribution >= 0.6 is 46.0 Å². The van der Waals surface area contributed by atoms with Crippen LogP contribution in [0.25, 0.3) is 0 Å². The van der Waals surface area contributed by atoms with E-state index < -0.39 is 5.97 Å². The van der Waals surface area contributed by atoms with Gasteiger partial charge in [-0.1, -0.05) is 12.1 Å². The summed E-state index contributed by atoms with van der Waals surface area (Å²) in [6.45, 7) is 0. The predicted octanol–water partition coefficient (Wildman–Crippen LogP) is 0.328. The fourth-order valence-corrected chi connectivity index (χ4v) is 1.37. The third kappa shape index (κ3) is 9.79. The summed E-state index contributed by atoms with van der Waals surface area (Å²) >= 11 is 3.26. The Kier molecular flexibility index (Phi) is 29.9. The molecular weight excluding hydrogens is 478 g/mol. The van der Waals surface area contributed by atoms with Crippen LogP contribution in [0, 0.1) is 0 Å². The Bertz CT molecular complexity index is 301. The van der Waals surface area contributed by atoms with Gasteiger partial charge < -0.3 is 6.13 Å². The second-order valence-corrected chi connectivity index (χ2v) is 2.82. The molecule has 16 heavy (non-hydrogen) atoms. The Morgan fingerprint density at radius 2 is 1.50 bits per heavy atom. The van der Waals surface area contributed by atoms with Gasteiger partial charge in [0.1, 0.15) is 11.3 Å². The third-order valence-electron chi connectivity index (χ3n) is 1.26. The predicted molar refractivity (Wildman–Crippen MR) is 89.1 cm³/mol. The zero-order chi connectivity index (χ0) is 8.97. The summed E-state index contributed by atoms with van der Waals surface area (Å²) in [5, 5.41) is 0. The van der Waals surface area contributed by atoms with Crippen LogP contribution in [0.5, 0.6) is 5.75 Å². The first-order valence-electron chi connectivity index (χ1n) is 3.00. The molecular formula is C7H8I2Na4O3. The molecule has 0 bridgehead atoms. The first-order valence-corrected chi connectivity index (χ1v) is 4.76. The number of para-hydroxylation sites is 1. The third-order valence-corrected chi connectivity index (χ3v) is 2.13. The summed E-state index contributed by atoms with van der Waals surface area (Å²) in [7, 11) is 0. The van der Waals surface area contributed by atoms with Gasteiger partial charge in [0.2, 0.25) is 0 Å². The van der Waals surface area contributed by atoms with Crippen molar-refractivity contribution in [2.75, 3.05) is 0 Å². The minimum atomic E-state index is -0.400. The monoisotopic (exact) mass is 486 g/mol. The summed E-state index contributed by atoms with van der Waals surface area (Å²) in [4.78, 5) is 11.1. The van der Waals surface area contributed by atoms with Gasteiger partial charge in [0.05, 0.1) is 0 Å². The van der Waals surface area contributed by atoms with Crippen molar-refractivity contribution in [1.29, 1.82) is 0 Å². The van der Waals surface area contributed by atoms with Crippen molar-refractivity contribution < 1.29 is 10.9 Å². The summed E-state index contributed by atoms with van der Waals surface area (Å²) in [5.74, 6) is 0.114. The van der Waals surface area contributed by atoms with E-state index in [9.17, 15) is 4.79 Å². The molecule has 72 valence electrons. The molecule has 1 rings (SSSR count). The molecule has 9 heteroatoms. The molecule has 0 unspecified atom stereocenters. The number of carbonyl (C=O) groups is 1. The van der Waals surface area contributed by atoms with Gasteiger partial charge in [-0.25, -0.2) is 4.79 Å². The Balaban J connectivity index is -0.000000180. The number of halogens is 2. The van der Waals surface area contributed by atoms with Gasteiger partial charge in [-0.05, 0) is 12.1 Å². The molecule has 0 amide bonds. The average Bonchev–Trinajstić information content (AvgIpc) is 2.16. The second kappa shape index (κ2) is 17.0. The summed E-state index contributed by atoms with van der Waals surface area (Å²) in [6.07, 6.45) is 0. The van der Waals surface area contributed by atoms with Gasteiger partial charge in [-0.2, -0.15) is 0 Å². The molecule has 0 saturated carbocycles. The van der Waals surface area contributed by atoms with Gasteiger partial charge in [-0.15, -0.1) is 0 Å². The SMILES string of the molecule is O=C(OI)c1ccccc1OI.[NaH].[NaH].[NaH].[NaH]. The van der Waals surface area contributed by atoms with Gasteiger partial charge in [0.15, 0.2) is 46.0 Å². The molecule has 0 atom stereocenters. The number of rotatable bonds is 2. The van der Waals surface area contributed by atoms with E-state index in [2.05, 4.69) is 3.07 Å². The van der Waals surface area contributed by atoms with Crippen LogP contribution < -0.4 is 3.07 Å². The standard InChI is InChI=1S/C7H4I2O3.4Na.4H/c8-11-6-4-2-1-3-5(6)7(10)12-9;;;;;;;;/h1-4H;;;;;;;;. The van der Waals surface area contributed by atoms with E-state index in [0.717, 1.165) is 0 Å². The van der Waals surface area contributed by atoms with Crippen molar-refractivity contribution >= 4 is 170 Å². The number of hydrogen-bond donors (Lipinski definition) is 0. The van der Waals surface area contributed by atoms with Crippen LogP contribution in [0.2, 0.25) is 0 Å². The molecule has 0 fully saturated rings. The Labute approximate surface area is 211 Å². The van der Waals surface area contributed by atoms with Crippen molar-refractivity contribution in [2.24, 2.45) is 0 Å². The van der Waals surface area contributed by atoms with Crippen LogP contribution in [-0.2, 0) is 3.07 Å². The van der Waals surface area contributed by atoms with Crippen molar-refractivity contribution in [1.82, 2.24) is 0 Å². The van der Waals surface area contributed by atoms with Crippen LogP contribution in [0.1, 0.15) is 10.4 Å². The van der Waals surface area contributed by atoms with Gasteiger partial charge in [0.25, 0.3) is 0 Å². The van der Waals surface area contributed by atoms with Crippen molar-refractivity contribution in [3.8, 4) is 5.75 Å². The molecule has 1 aromatic rings. The molecule has 0 saturated heterocycles. The molecule has 0 aliphatic carbocycles. The molecule has 0 spiro atoms. The van der Waals surface area contributed by atoms with Crippen molar-refractivity contribution in [2.45, 2.75) is 0 Å². The zero-order valence-electron chi connectivity index (χ0n) is 5.79. The Morgan fingerprint density at radius 3 is 1.94 bits per heavy atom. The van der Waals surface area contributed by atoms with Gasteiger partial charge in [-0.3, -0.25) is 0 Å². The van der Waals surface area contributed by atoms with Crippen LogP contribution in [0.4, 0.5) is 0 Å². The quantitative estimate of drug-likeness (QED) is 0.447. The normalized spacial score (nSPS) is 6.88. The van der Waals surface area contributed by atoms with Crippen LogP contribution in [-0.4, -0.2) is 124 Å². The minimum absolute atomic E-state index is 0. The number of benzene rings is 1. The van der Waals surface area contributed by atoms with Crippen molar-refractivity contribution in [3.63, 3.8) is 0 Å². The second-order valence-electron chi connectivity index (χ2n) is 1.94. The van der Waals surface area contributed by atoms with E-state index in [-0.39, 0.29) is 118 Å². The van der Waals surface area contributed by atoms with E-state index in [4.69, 9.17) is 3.07 Å². The first kappa shape index (κ1) is 28.2. The zero-order valence-corrected chi connectivity index (χ0v) is 10.1. The van der Waals surface area contributed by atoms with Crippen molar-refractivity contribution in [3.05, 3.63) is 29.8 Å².